The van der Waals surface area contributed by atoms with E-state index in [1.54, 1.807) is 22.7 Å². The van der Waals surface area contributed by atoms with Crippen LogP contribution in [0.3, 0.4) is 0 Å². The average Bonchev–Trinajstić information content (AvgIpc) is 3.12. The number of nitrogens with one attached hydrogen (secondary N) is 2. The number of aliphatic hydroxyl groups is 1. The third kappa shape index (κ3) is 5.02. The molecular weight excluding hydrogens is 328 g/mol. The molecule has 0 bridgehead atoms. The van der Waals surface area contributed by atoms with E-state index in [-0.39, 0.29) is 0 Å². The predicted octanol–water partition coefficient (Wildman–Crippen LogP) is 2.78. The van der Waals surface area contributed by atoms with E-state index in [2.05, 4.69) is 20.6 Å². The van der Waals surface area contributed by atoms with E-state index in [0.717, 1.165) is 22.8 Å². The van der Waals surface area contributed by atoms with E-state index < -0.39 is 5.60 Å². The number of thiophene rings is 1. The minimum atomic E-state index is -0.923. The van der Waals surface area contributed by atoms with Crippen molar-refractivity contribution < 1.29 is 5.11 Å². The third-order valence-corrected chi connectivity index (χ3v) is 5.21. The minimum absolute atomic E-state index is 0.399. The zero-order valence-corrected chi connectivity index (χ0v) is 15.6. The molecule has 0 aliphatic rings. The van der Waals surface area contributed by atoms with E-state index in [1.807, 2.05) is 44.5 Å². The molecule has 0 aromatic carbocycles. The first-order valence-corrected chi connectivity index (χ1v) is 9.38. The van der Waals surface area contributed by atoms with Crippen molar-refractivity contribution in [1.82, 2.24) is 15.6 Å². The van der Waals surface area contributed by atoms with Gasteiger partial charge in [0.05, 0.1) is 23.8 Å². The summed E-state index contributed by atoms with van der Waals surface area (Å²) in [6.07, 6.45) is 0. The maximum Gasteiger partial charge on any atom is 0.191 e. The highest BCUT2D eigenvalue weighted by molar-refractivity contribution is 7.11. The Bertz CT molecular complexity index is 647. The molecule has 0 fully saturated rings. The van der Waals surface area contributed by atoms with Crippen molar-refractivity contribution in [2.75, 3.05) is 13.1 Å². The van der Waals surface area contributed by atoms with Crippen LogP contribution >= 0.6 is 22.7 Å². The Kier molecular flexibility index (Phi) is 6.15. The molecule has 0 radical (unpaired) electrons. The van der Waals surface area contributed by atoms with Gasteiger partial charge in [0.2, 0.25) is 0 Å². The van der Waals surface area contributed by atoms with Crippen LogP contribution in [0.15, 0.2) is 21.8 Å². The summed E-state index contributed by atoms with van der Waals surface area (Å²) in [6, 6.07) is 1.94. The summed E-state index contributed by atoms with van der Waals surface area (Å²) < 4.78 is 0. The lowest BCUT2D eigenvalue weighted by atomic mass is 9.99. The van der Waals surface area contributed by atoms with Gasteiger partial charge in [-0.05, 0) is 50.1 Å². The monoisotopic (exact) mass is 352 g/mol. The summed E-state index contributed by atoms with van der Waals surface area (Å²) in [5.74, 6) is 0.702. The largest absolute Gasteiger partial charge is 0.384 e. The van der Waals surface area contributed by atoms with Crippen LogP contribution in [0.5, 0.6) is 0 Å². The highest BCUT2D eigenvalue weighted by Crippen LogP contribution is 2.22. The van der Waals surface area contributed by atoms with Crippen LogP contribution in [-0.4, -0.2) is 29.1 Å². The van der Waals surface area contributed by atoms with Gasteiger partial charge in [-0.1, -0.05) is 0 Å². The second-order valence-corrected chi connectivity index (χ2v) is 7.64. The van der Waals surface area contributed by atoms with Gasteiger partial charge in [0.15, 0.2) is 5.96 Å². The Labute approximate surface area is 145 Å². The van der Waals surface area contributed by atoms with E-state index in [0.29, 0.717) is 19.0 Å². The van der Waals surface area contributed by atoms with Gasteiger partial charge < -0.3 is 15.7 Å². The van der Waals surface area contributed by atoms with Gasteiger partial charge in [-0.3, -0.25) is 0 Å². The Hall–Kier alpha value is -1.44. The van der Waals surface area contributed by atoms with Gasteiger partial charge in [-0.25, -0.2) is 9.98 Å². The third-order valence-electron chi connectivity index (χ3n) is 3.47. The van der Waals surface area contributed by atoms with Gasteiger partial charge >= 0.3 is 0 Å². The molecule has 0 amide bonds. The molecule has 5 nitrogen and oxygen atoms in total. The summed E-state index contributed by atoms with van der Waals surface area (Å²) in [4.78, 5) is 10.2. The molecule has 0 aliphatic heterocycles. The standard InChI is InChI=1S/C16H24N4OS2/c1-5-17-15(18-8-14-11(2)20-12(3)23-14)19-10-16(4,21)13-6-7-22-9-13/h6-7,9,21H,5,8,10H2,1-4H3,(H2,17,18,19). The Balaban J connectivity index is 2.00. The summed E-state index contributed by atoms with van der Waals surface area (Å²) in [5, 5.41) is 22.0. The summed E-state index contributed by atoms with van der Waals surface area (Å²) >= 11 is 3.26. The Morgan fingerprint density at radius 2 is 2.17 bits per heavy atom. The highest BCUT2D eigenvalue weighted by atomic mass is 32.1. The molecule has 23 heavy (non-hydrogen) atoms. The van der Waals surface area contributed by atoms with Crippen molar-refractivity contribution in [1.29, 1.82) is 0 Å². The van der Waals surface area contributed by atoms with Crippen LogP contribution in [-0.2, 0) is 12.1 Å². The fraction of sp³-hybridized carbons (Fsp3) is 0.500. The fourth-order valence-electron chi connectivity index (χ4n) is 2.14. The normalized spacial score (nSPS) is 14.6. The summed E-state index contributed by atoms with van der Waals surface area (Å²) in [6.45, 7) is 9.61. The predicted molar refractivity (Wildman–Crippen MR) is 98.3 cm³/mol. The second-order valence-electron chi connectivity index (χ2n) is 5.58. The van der Waals surface area contributed by atoms with Gasteiger partial charge in [-0.15, -0.1) is 11.3 Å². The molecule has 1 unspecified atom stereocenters. The van der Waals surface area contributed by atoms with Crippen LogP contribution in [0, 0.1) is 13.8 Å². The number of rotatable bonds is 6. The maximum atomic E-state index is 10.6. The number of thiazole rings is 1. The van der Waals surface area contributed by atoms with Gasteiger partial charge in [0, 0.05) is 11.4 Å². The van der Waals surface area contributed by atoms with Crippen LogP contribution in [0.25, 0.3) is 0 Å². The SMILES string of the molecule is CCNC(=NCc1sc(C)nc1C)NCC(C)(O)c1ccsc1. The Morgan fingerprint density at radius 1 is 1.39 bits per heavy atom. The summed E-state index contributed by atoms with van der Waals surface area (Å²) in [7, 11) is 0. The molecule has 7 heteroatoms. The fourth-order valence-corrected chi connectivity index (χ4v) is 3.79. The molecule has 126 valence electrons. The molecule has 2 rings (SSSR count). The smallest absolute Gasteiger partial charge is 0.191 e. The number of aromatic nitrogens is 1. The van der Waals surface area contributed by atoms with E-state index >= 15 is 0 Å². The van der Waals surface area contributed by atoms with Crippen molar-refractivity contribution in [3.63, 3.8) is 0 Å². The number of hydrogen-bond donors (Lipinski definition) is 3. The number of aliphatic imine (C=N–C) groups is 1. The zero-order chi connectivity index (χ0) is 16.9. The molecule has 3 N–H and O–H groups in total. The number of aryl methyl sites for hydroxylation is 2. The lowest BCUT2D eigenvalue weighted by molar-refractivity contribution is 0.0621. The first-order chi connectivity index (χ1) is 10.9. The molecule has 0 saturated carbocycles. The maximum absolute atomic E-state index is 10.6. The van der Waals surface area contributed by atoms with Crippen LogP contribution in [0.1, 0.15) is 35.0 Å². The van der Waals surface area contributed by atoms with Gasteiger partial charge in [0.1, 0.15) is 5.60 Å². The van der Waals surface area contributed by atoms with E-state index in [1.165, 1.54) is 4.88 Å². The molecule has 0 saturated heterocycles. The van der Waals surface area contributed by atoms with Crippen molar-refractivity contribution in [3.05, 3.63) is 38.0 Å². The molecular formula is C16H24N4OS2. The first kappa shape index (κ1) is 17.9. The van der Waals surface area contributed by atoms with Crippen LogP contribution in [0.2, 0.25) is 0 Å². The number of hydrogen-bond acceptors (Lipinski definition) is 5. The van der Waals surface area contributed by atoms with Crippen LogP contribution in [0.4, 0.5) is 0 Å². The second kappa shape index (κ2) is 7.90. The minimum Gasteiger partial charge on any atom is -0.384 e. The molecule has 2 aromatic rings. The van der Waals surface area contributed by atoms with E-state index in [4.69, 9.17) is 0 Å². The van der Waals surface area contributed by atoms with Crippen LogP contribution < -0.4 is 10.6 Å². The first-order valence-electron chi connectivity index (χ1n) is 7.62. The van der Waals surface area contributed by atoms with Gasteiger partial charge in [0.25, 0.3) is 0 Å². The molecule has 2 aromatic heterocycles. The Morgan fingerprint density at radius 3 is 2.74 bits per heavy atom. The molecule has 2 heterocycles. The molecule has 0 spiro atoms. The number of nitrogens with zero attached hydrogens (tertiary/aromatic N) is 2. The lowest BCUT2D eigenvalue weighted by Crippen LogP contribution is -2.44. The topological polar surface area (TPSA) is 69.5 Å². The highest BCUT2D eigenvalue weighted by Gasteiger charge is 2.23. The van der Waals surface area contributed by atoms with Crippen molar-refractivity contribution in [2.24, 2.45) is 4.99 Å². The zero-order valence-electron chi connectivity index (χ0n) is 14.0. The quantitative estimate of drug-likeness (QED) is 0.552. The average molecular weight is 353 g/mol. The van der Waals surface area contributed by atoms with Crippen molar-refractivity contribution in [3.8, 4) is 0 Å². The van der Waals surface area contributed by atoms with Crippen molar-refractivity contribution >= 4 is 28.6 Å². The van der Waals surface area contributed by atoms with Gasteiger partial charge in [-0.2, -0.15) is 11.3 Å². The van der Waals surface area contributed by atoms with Crippen molar-refractivity contribution in [2.45, 2.75) is 39.8 Å². The number of guanidine groups is 1. The summed E-state index contributed by atoms with van der Waals surface area (Å²) in [5.41, 5.74) is 1.03. The van der Waals surface area contributed by atoms with E-state index in [9.17, 15) is 5.11 Å². The molecule has 0 aliphatic carbocycles. The lowest BCUT2D eigenvalue weighted by Gasteiger charge is -2.24. The molecule has 1 atom stereocenters.